The van der Waals surface area contributed by atoms with E-state index in [0.29, 0.717) is 19.4 Å². The second-order valence-corrected chi connectivity index (χ2v) is 6.93. The van der Waals surface area contributed by atoms with E-state index >= 15 is 0 Å². The Balaban J connectivity index is 2.01. The van der Waals surface area contributed by atoms with Gasteiger partial charge in [0.1, 0.15) is 6.17 Å². The highest BCUT2D eigenvalue weighted by molar-refractivity contribution is 5.65. The Labute approximate surface area is 131 Å². The van der Waals surface area contributed by atoms with Crippen LogP contribution in [-0.4, -0.2) is 46.0 Å². The van der Waals surface area contributed by atoms with Crippen molar-refractivity contribution in [2.75, 3.05) is 13.1 Å². The van der Waals surface area contributed by atoms with Crippen molar-refractivity contribution in [3.63, 3.8) is 0 Å². The molecule has 1 aliphatic rings. The average molecular weight is 308 g/mol. The SMILES string of the molecule is CC(C)(C)N(C(=O)O)N1CC[C@H](Cc2ccccc2)[C@H](F)C1. The van der Waals surface area contributed by atoms with Crippen LogP contribution in [0, 0.1) is 5.92 Å². The smallest absolute Gasteiger partial charge is 0.422 e. The van der Waals surface area contributed by atoms with E-state index in [1.165, 1.54) is 5.01 Å². The van der Waals surface area contributed by atoms with Crippen molar-refractivity contribution in [1.82, 2.24) is 10.0 Å². The van der Waals surface area contributed by atoms with Gasteiger partial charge in [0.15, 0.2) is 0 Å². The van der Waals surface area contributed by atoms with Gasteiger partial charge < -0.3 is 5.11 Å². The summed E-state index contributed by atoms with van der Waals surface area (Å²) in [6, 6.07) is 9.90. The topological polar surface area (TPSA) is 43.8 Å². The molecule has 0 unspecified atom stereocenters. The number of carboxylic acid groups (broad SMARTS) is 1. The van der Waals surface area contributed by atoms with Gasteiger partial charge in [0.05, 0.1) is 5.54 Å². The monoisotopic (exact) mass is 308 g/mol. The molecule has 0 bridgehead atoms. The molecule has 0 aromatic heterocycles. The summed E-state index contributed by atoms with van der Waals surface area (Å²) >= 11 is 0. The minimum atomic E-state index is -1.03. The van der Waals surface area contributed by atoms with Crippen LogP contribution in [0.4, 0.5) is 9.18 Å². The molecular formula is C17H25FN2O2. The number of rotatable bonds is 3. The Morgan fingerprint density at radius 3 is 2.50 bits per heavy atom. The highest BCUT2D eigenvalue weighted by Crippen LogP contribution is 2.28. The molecule has 5 heteroatoms. The van der Waals surface area contributed by atoms with E-state index in [9.17, 15) is 14.3 Å². The van der Waals surface area contributed by atoms with Crippen molar-refractivity contribution in [2.24, 2.45) is 5.92 Å². The summed E-state index contributed by atoms with van der Waals surface area (Å²) in [6.45, 7) is 6.18. The highest BCUT2D eigenvalue weighted by atomic mass is 19.1. The van der Waals surface area contributed by atoms with Gasteiger partial charge in [-0.15, -0.1) is 0 Å². The largest absolute Gasteiger partial charge is 0.464 e. The van der Waals surface area contributed by atoms with Crippen LogP contribution < -0.4 is 0 Å². The minimum Gasteiger partial charge on any atom is -0.464 e. The van der Waals surface area contributed by atoms with Crippen LogP contribution in [0.3, 0.4) is 0 Å². The van der Waals surface area contributed by atoms with Crippen molar-refractivity contribution in [3.8, 4) is 0 Å². The van der Waals surface area contributed by atoms with Crippen LogP contribution in [0.5, 0.6) is 0 Å². The van der Waals surface area contributed by atoms with Crippen molar-refractivity contribution in [2.45, 2.75) is 45.3 Å². The van der Waals surface area contributed by atoms with Gasteiger partial charge in [-0.1, -0.05) is 30.3 Å². The predicted molar refractivity (Wildman–Crippen MR) is 84.3 cm³/mol. The third-order valence-corrected chi connectivity index (χ3v) is 4.09. The van der Waals surface area contributed by atoms with Crippen molar-refractivity contribution < 1.29 is 14.3 Å². The molecule has 1 N–H and O–H groups in total. The molecule has 1 aromatic carbocycles. The van der Waals surface area contributed by atoms with E-state index in [0.717, 1.165) is 5.56 Å². The maximum atomic E-state index is 14.5. The van der Waals surface area contributed by atoms with Crippen molar-refractivity contribution in [3.05, 3.63) is 35.9 Å². The molecule has 1 aromatic rings. The summed E-state index contributed by atoms with van der Waals surface area (Å²) < 4.78 is 14.5. The van der Waals surface area contributed by atoms with Crippen LogP contribution in [0.2, 0.25) is 0 Å². The van der Waals surface area contributed by atoms with E-state index in [-0.39, 0.29) is 12.5 Å². The number of carbonyl (C=O) groups is 1. The third-order valence-electron chi connectivity index (χ3n) is 4.09. The van der Waals surface area contributed by atoms with Gasteiger partial charge in [0.2, 0.25) is 0 Å². The van der Waals surface area contributed by atoms with Gasteiger partial charge in [0, 0.05) is 13.1 Å². The van der Waals surface area contributed by atoms with Gasteiger partial charge in [-0.2, -0.15) is 0 Å². The Hall–Kier alpha value is -1.62. The second-order valence-electron chi connectivity index (χ2n) is 6.93. The summed E-state index contributed by atoms with van der Waals surface area (Å²) in [6.07, 6.45) is -0.673. The number of alkyl halides is 1. The van der Waals surface area contributed by atoms with Crippen LogP contribution in [0.1, 0.15) is 32.8 Å². The number of benzene rings is 1. The van der Waals surface area contributed by atoms with E-state index in [1.54, 1.807) is 5.01 Å². The number of piperidine rings is 1. The maximum Gasteiger partial charge on any atom is 0.422 e. The normalized spacial score (nSPS) is 23.3. The first-order chi connectivity index (χ1) is 10.3. The summed E-state index contributed by atoms with van der Waals surface area (Å²) in [5.41, 5.74) is 0.562. The number of amides is 1. The molecule has 1 fully saturated rings. The summed E-state index contributed by atoms with van der Waals surface area (Å²) in [5, 5.41) is 12.3. The molecule has 122 valence electrons. The first-order valence-corrected chi connectivity index (χ1v) is 7.75. The maximum absolute atomic E-state index is 14.5. The lowest BCUT2D eigenvalue weighted by Gasteiger charge is -2.45. The average Bonchev–Trinajstić information content (AvgIpc) is 2.41. The van der Waals surface area contributed by atoms with Gasteiger partial charge in [-0.3, -0.25) is 0 Å². The Morgan fingerprint density at radius 2 is 2.00 bits per heavy atom. The quantitative estimate of drug-likeness (QED) is 0.928. The zero-order chi connectivity index (χ0) is 16.3. The molecule has 22 heavy (non-hydrogen) atoms. The molecule has 1 amide bonds. The van der Waals surface area contributed by atoms with Gasteiger partial charge >= 0.3 is 6.09 Å². The second kappa shape index (κ2) is 6.65. The fraction of sp³-hybridized carbons (Fsp3) is 0.588. The standard InChI is InChI=1S/C17H25FN2O2/c1-17(2,3)20(16(21)22)19-10-9-14(15(18)12-19)11-13-7-5-4-6-8-13/h4-8,14-15H,9-12H2,1-3H3,(H,21,22)/t14-,15-/m1/s1. The van der Waals surface area contributed by atoms with Crippen LogP contribution in [0.25, 0.3) is 0 Å². The van der Waals surface area contributed by atoms with Gasteiger partial charge in [-0.25, -0.2) is 19.2 Å². The molecule has 2 rings (SSSR count). The molecule has 4 nitrogen and oxygen atoms in total. The Kier molecular flexibility index (Phi) is 5.06. The molecule has 0 aliphatic carbocycles. The molecular weight excluding hydrogens is 283 g/mol. The van der Waals surface area contributed by atoms with Crippen LogP contribution in [0.15, 0.2) is 30.3 Å². The lowest BCUT2D eigenvalue weighted by atomic mass is 9.89. The number of nitrogens with zero attached hydrogens (tertiary/aromatic N) is 2. The first-order valence-electron chi connectivity index (χ1n) is 7.75. The van der Waals surface area contributed by atoms with E-state index in [4.69, 9.17) is 0 Å². The van der Waals surface area contributed by atoms with Gasteiger partial charge in [-0.05, 0) is 45.1 Å². The van der Waals surface area contributed by atoms with Crippen LogP contribution in [-0.2, 0) is 6.42 Å². The summed E-state index contributed by atoms with van der Waals surface area (Å²) in [5.74, 6) is -0.0470. The fourth-order valence-electron chi connectivity index (χ4n) is 3.10. The lowest BCUT2D eigenvalue weighted by Crippen LogP contribution is -2.59. The molecule has 1 saturated heterocycles. The zero-order valence-corrected chi connectivity index (χ0v) is 13.5. The van der Waals surface area contributed by atoms with Crippen LogP contribution >= 0.6 is 0 Å². The number of halogens is 1. The molecule has 1 aliphatic heterocycles. The van der Waals surface area contributed by atoms with Gasteiger partial charge in [0.25, 0.3) is 0 Å². The molecule has 1 heterocycles. The Bertz CT molecular complexity index is 501. The fourth-order valence-corrected chi connectivity index (χ4v) is 3.10. The number of hydrogen-bond acceptors (Lipinski definition) is 2. The molecule has 0 saturated carbocycles. The number of hydrazine groups is 1. The molecule has 2 atom stereocenters. The number of hydrogen-bond donors (Lipinski definition) is 1. The zero-order valence-electron chi connectivity index (χ0n) is 13.5. The lowest BCUT2D eigenvalue weighted by molar-refractivity contribution is -0.101. The Morgan fingerprint density at radius 1 is 1.36 bits per heavy atom. The molecule has 0 spiro atoms. The third kappa shape index (κ3) is 3.97. The molecule has 0 radical (unpaired) electrons. The summed E-state index contributed by atoms with van der Waals surface area (Å²) in [4.78, 5) is 11.5. The first kappa shape index (κ1) is 16.7. The van der Waals surface area contributed by atoms with Crippen molar-refractivity contribution >= 4 is 6.09 Å². The van der Waals surface area contributed by atoms with E-state index in [1.807, 2.05) is 51.1 Å². The summed E-state index contributed by atoms with van der Waals surface area (Å²) in [7, 11) is 0. The predicted octanol–water partition coefficient (Wildman–Crippen LogP) is 3.58. The highest BCUT2D eigenvalue weighted by Gasteiger charge is 2.38. The van der Waals surface area contributed by atoms with E-state index < -0.39 is 17.8 Å². The minimum absolute atomic E-state index is 0.0470. The van der Waals surface area contributed by atoms with Crippen molar-refractivity contribution in [1.29, 1.82) is 0 Å². The van der Waals surface area contributed by atoms with E-state index in [2.05, 4.69) is 0 Å².